The smallest absolute Gasteiger partial charge is 0.281 e. The van der Waals surface area contributed by atoms with E-state index in [1.807, 2.05) is 19.1 Å². The summed E-state index contributed by atoms with van der Waals surface area (Å²) in [7, 11) is 3.24. The van der Waals surface area contributed by atoms with Gasteiger partial charge in [0.1, 0.15) is 5.75 Å². The van der Waals surface area contributed by atoms with E-state index in [1.54, 1.807) is 20.2 Å². The topological polar surface area (TPSA) is 77.2 Å². The zero-order valence-electron chi connectivity index (χ0n) is 11.7. The molecule has 0 spiro atoms. The number of methoxy groups -OCH3 is 1. The quantitative estimate of drug-likeness (QED) is 0.725. The largest absolute Gasteiger partial charge is 0.496 e. The maximum absolute atomic E-state index is 12.4. The molecule has 0 unspecified atom stereocenters. The Morgan fingerprint density at radius 1 is 1.38 bits per heavy atom. The van der Waals surface area contributed by atoms with Gasteiger partial charge in [-0.2, -0.15) is 9.61 Å². The van der Waals surface area contributed by atoms with Crippen molar-refractivity contribution in [2.24, 2.45) is 7.05 Å². The van der Waals surface area contributed by atoms with E-state index in [9.17, 15) is 4.79 Å². The lowest BCUT2D eigenvalue weighted by molar-refractivity contribution is 0.412. The molecule has 0 atom stereocenters. The zero-order valence-corrected chi connectivity index (χ0v) is 12.6. The molecule has 0 saturated heterocycles. The van der Waals surface area contributed by atoms with E-state index in [-0.39, 0.29) is 5.56 Å². The monoisotopic (exact) mass is 303 g/mol. The standard InChI is InChI=1S/C13H13N5O2S/c1-7-6-8(4-5-9(7)20-3)10-11(19)17(2)12-14-15-13(21)18(12)16-10/h4-6H,1-3H3,(H,15,21). The van der Waals surface area contributed by atoms with Crippen molar-refractivity contribution < 1.29 is 4.74 Å². The van der Waals surface area contributed by atoms with Crippen molar-refractivity contribution in [3.05, 3.63) is 38.9 Å². The summed E-state index contributed by atoms with van der Waals surface area (Å²) in [6.07, 6.45) is 0. The molecule has 0 bridgehead atoms. The number of hydrogen-bond acceptors (Lipinski definition) is 5. The van der Waals surface area contributed by atoms with E-state index in [1.165, 1.54) is 9.08 Å². The van der Waals surface area contributed by atoms with E-state index < -0.39 is 0 Å². The lowest BCUT2D eigenvalue weighted by atomic mass is 10.1. The fourth-order valence-electron chi connectivity index (χ4n) is 2.19. The van der Waals surface area contributed by atoms with Crippen LogP contribution in [-0.4, -0.2) is 31.5 Å². The normalized spacial score (nSPS) is 11.0. The molecule has 0 aliphatic rings. The molecule has 0 amide bonds. The van der Waals surface area contributed by atoms with Gasteiger partial charge in [-0.3, -0.25) is 9.36 Å². The van der Waals surface area contributed by atoms with Gasteiger partial charge in [-0.05, 0) is 42.9 Å². The lowest BCUT2D eigenvalue weighted by Gasteiger charge is -2.08. The molecule has 1 N–H and O–H groups in total. The number of H-pyrrole nitrogens is 1. The van der Waals surface area contributed by atoms with Gasteiger partial charge in [-0.15, -0.1) is 5.10 Å². The Bertz CT molecular complexity index is 953. The fourth-order valence-corrected chi connectivity index (χ4v) is 2.36. The molecule has 2 heterocycles. The van der Waals surface area contributed by atoms with Gasteiger partial charge >= 0.3 is 0 Å². The van der Waals surface area contributed by atoms with E-state index in [4.69, 9.17) is 17.0 Å². The number of ether oxygens (including phenoxy) is 1. The molecule has 21 heavy (non-hydrogen) atoms. The molecule has 7 nitrogen and oxygen atoms in total. The summed E-state index contributed by atoms with van der Waals surface area (Å²) < 4.78 is 8.41. The minimum Gasteiger partial charge on any atom is -0.496 e. The van der Waals surface area contributed by atoms with Crippen molar-refractivity contribution in [1.29, 1.82) is 0 Å². The van der Waals surface area contributed by atoms with Crippen LogP contribution in [0.15, 0.2) is 23.0 Å². The second kappa shape index (κ2) is 4.81. The third kappa shape index (κ3) is 2.04. The first-order valence-corrected chi connectivity index (χ1v) is 6.63. The highest BCUT2D eigenvalue weighted by molar-refractivity contribution is 7.71. The lowest BCUT2D eigenvalue weighted by Crippen LogP contribution is -2.23. The molecule has 0 fully saturated rings. The molecule has 0 radical (unpaired) electrons. The molecule has 1 aromatic carbocycles. The van der Waals surface area contributed by atoms with Crippen LogP contribution in [0.25, 0.3) is 17.0 Å². The first-order valence-electron chi connectivity index (χ1n) is 6.22. The van der Waals surface area contributed by atoms with Crippen molar-refractivity contribution in [2.75, 3.05) is 7.11 Å². The highest BCUT2D eigenvalue weighted by Crippen LogP contribution is 2.23. The van der Waals surface area contributed by atoms with Gasteiger partial charge in [0.15, 0.2) is 5.69 Å². The van der Waals surface area contributed by atoms with Crippen molar-refractivity contribution in [3.8, 4) is 17.0 Å². The molecule has 3 aromatic rings. The van der Waals surface area contributed by atoms with Gasteiger partial charge < -0.3 is 4.74 Å². The number of hydrogen-bond donors (Lipinski definition) is 1. The van der Waals surface area contributed by atoms with Crippen molar-refractivity contribution in [2.45, 2.75) is 6.92 Å². The van der Waals surface area contributed by atoms with Crippen LogP contribution in [0.4, 0.5) is 0 Å². The number of rotatable bonds is 2. The second-order valence-electron chi connectivity index (χ2n) is 4.64. The average Bonchev–Trinajstić information content (AvgIpc) is 2.84. The molecule has 3 rings (SSSR count). The summed E-state index contributed by atoms with van der Waals surface area (Å²) in [6.45, 7) is 1.91. The van der Waals surface area contributed by atoms with Gasteiger partial charge in [0.2, 0.25) is 4.77 Å². The Hall–Kier alpha value is -2.48. The molecule has 108 valence electrons. The van der Waals surface area contributed by atoms with E-state index in [0.717, 1.165) is 11.3 Å². The minimum absolute atomic E-state index is 0.235. The average molecular weight is 303 g/mol. The number of aryl methyl sites for hydroxylation is 2. The molecule has 2 aromatic heterocycles. The summed E-state index contributed by atoms with van der Waals surface area (Å²) in [5.74, 6) is 1.13. The maximum atomic E-state index is 12.4. The Labute approximate surface area is 124 Å². The van der Waals surface area contributed by atoms with Crippen LogP contribution < -0.4 is 10.3 Å². The Morgan fingerprint density at radius 2 is 2.14 bits per heavy atom. The summed E-state index contributed by atoms with van der Waals surface area (Å²) in [5, 5.41) is 10.9. The predicted octanol–water partition coefficient (Wildman–Crippen LogP) is 1.47. The number of nitrogens with zero attached hydrogens (tertiary/aromatic N) is 4. The van der Waals surface area contributed by atoms with E-state index >= 15 is 0 Å². The second-order valence-corrected chi connectivity index (χ2v) is 5.02. The molecule has 8 heteroatoms. The van der Waals surface area contributed by atoms with E-state index in [0.29, 0.717) is 21.8 Å². The van der Waals surface area contributed by atoms with Crippen LogP contribution in [-0.2, 0) is 7.05 Å². The number of fused-ring (bicyclic) bond motifs is 1. The van der Waals surface area contributed by atoms with Crippen molar-refractivity contribution >= 4 is 18.0 Å². The minimum atomic E-state index is -0.235. The summed E-state index contributed by atoms with van der Waals surface area (Å²) in [5.41, 5.74) is 1.71. The van der Waals surface area contributed by atoms with Gasteiger partial charge in [0.25, 0.3) is 11.3 Å². The number of benzene rings is 1. The SMILES string of the molecule is COc1ccc(-c2nn3c(=S)[nH]nc3n(C)c2=O)cc1C. The molecule has 0 aliphatic heterocycles. The van der Waals surface area contributed by atoms with Crippen LogP contribution in [0, 0.1) is 11.7 Å². The number of aromatic nitrogens is 5. The third-order valence-corrected chi connectivity index (χ3v) is 3.57. The van der Waals surface area contributed by atoms with Crippen molar-refractivity contribution in [1.82, 2.24) is 24.4 Å². The number of nitrogens with one attached hydrogen (secondary N) is 1. The van der Waals surface area contributed by atoms with Gasteiger partial charge in [0, 0.05) is 12.6 Å². The molecular formula is C13H13N5O2S. The Morgan fingerprint density at radius 3 is 2.81 bits per heavy atom. The summed E-state index contributed by atoms with van der Waals surface area (Å²) in [6, 6.07) is 5.47. The summed E-state index contributed by atoms with van der Waals surface area (Å²) in [4.78, 5) is 12.4. The van der Waals surface area contributed by atoms with Crippen LogP contribution in [0.1, 0.15) is 5.56 Å². The van der Waals surface area contributed by atoms with Crippen LogP contribution in [0.3, 0.4) is 0 Å². The van der Waals surface area contributed by atoms with E-state index in [2.05, 4.69) is 15.3 Å². The Kier molecular flexibility index (Phi) is 3.09. The Balaban J connectivity index is 2.32. The van der Waals surface area contributed by atoms with Gasteiger partial charge in [0.05, 0.1) is 7.11 Å². The predicted molar refractivity (Wildman–Crippen MR) is 80.1 cm³/mol. The van der Waals surface area contributed by atoms with Crippen LogP contribution >= 0.6 is 12.2 Å². The number of aromatic amines is 1. The third-order valence-electron chi connectivity index (χ3n) is 3.31. The first kappa shape index (κ1) is 13.5. The zero-order chi connectivity index (χ0) is 15.1. The van der Waals surface area contributed by atoms with Gasteiger partial charge in [-0.25, -0.2) is 5.10 Å². The van der Waals surface area contributed by atoms with Crippen LogP contribution in [0.5, 0.6) is 5.75 Å². The molecular weight excluding hydrogens is 290 g/mol. The maximum Gasteiger partial charge on any atom is 0.281 e. The highest BCUT2D eigenvalue weighted by atomic mass is 32.1. The first-order chi connectivity index (χ1) is 10.0. The van der Waals surface area contributed by atoms with Gasteiger partial charge in [-0.1, -0.05) is 0 Å². The highest BCUT2D eigenvalue weighted by Gasteiger charge is 2.13. The fraction of sp³-hybridized carbons (Fsp3) is 0.231. The molecule has 0 aliphatic carbocycles. The molecule has 0 saturated carbocycles. The summed E-state index contributed by atoms with van der Waals surface area (Å²) >= 11 is 5.11. The van der Waals surface area contributed by atoms with Crippen LogP contribution in [0.2, 0.25) is 0 Å². The van der Waals surface area contributed by atoms with Crippen molar-refractivity contribution in [3.63, 3.8) is 0 Å².